The second-order valence-corrected chi connectivity index (χ2v) is 8.22. The fraction of sp³-hybridized carbons (Fsp3) is 0.100. The maximum atomic E-state index is 13.9. The Labute approximate surface area is 177 Å². The number of carbonyl (C=O) groups is 1. The maximum absolute atomic E-state index is 13.9. The molecule has 0 unspecified atom stereocenters. The summed E-state index contributed by atoms with van der Waals surface area (Å²) in [4.78, 5) is 16.3. The third-order valence-electron chi connectivity index (χ3n) is 4.07. The summed E-state index contributed by atoms with van der Waals surface area (Å²) < 4.78 is 47.0. The summed E-state index contributed by atoms with van der Waals surface area (Å²) >= 11 is 5.85. The van der Waals surface area contributed by atoms with Crippen LogP contribution in [0.2, 0.25) is 5.02 Å². The van der Waals surface area contributed by atoms with Crippen molar-refractivity contribution >= 4 is 33.2 Å². The predicted octanol–water partition coefficient (Wildman–Crippen LogP) is 3.61. The molecular weight excluding hydrogens is 433 g/mol. The van der Waals surface area contributed by atoms with Crippen LogP contribution in [0.25, 0.3) is 0 Å². The molecule has 7 nitrogen and oxygen atoms in total. The van der Waals surface area contributed by atoms with Crippen LogP contribution in [-0.4, -0.2) is 26.4 Å². The van der Waals surface area contributed by atoms with Gasteiger partial charge in [0.1, 0.15) is 16.5 Å². The highest BCUT2D eigenvalue weighted by Gasteiger charge is 2.22. The third-order valence-corrected chi connectivity index (χ3v) is 5.74. The first kappa shape index (κ1) is 21.5. The van der Waals surface area contributed by atoms with E-state index in [1.165, 1.54) is 68.0 Å². The predicted molar refractivity (Wildman–Crippen MR) is 111 cm³/mol. The van der Waals surface area contributed by atoms with Crippen molar-refractivity contribution in [3.63, 3.8) is 0 Å². The molecule has 30 heavy (non-hydrogen) atoms. The molecule has 0 saturated carbocycles. The average molecular weight is 450 g/mol. The van der Waals surface area contributed by atoms with Gasteiger partial charge in [-0.05, 0) is 30.3 Å². The van der Waals surface area contributed by atoms with Gasteiger partial charge in [0.2, 0.25) is 0 Å². The number of nitrogens with zero attached hydrogens (tertiary/aromatic N) is 1. The van der Waals surface area contributed by atoms with E-state index >= 15 is 0 Å². The molecule has 1 aromatic heterocycles. The minimum atomic E-state index is -4.11. The first-order valence-corrected chi connectivity index (χ1v) is 10.5. The summed E-state index contributed by atoms with van der Waals surface area (Å²) in [6.45, 7) is -0.160. The lowest BCUT2D eigenvalue weighted by Crippen LogP contribution is -2.26. The van der Waals surface area contributed by atoms with Gasteiger partial charge in [0, 0.05) is 23.2 Å². The number of methoxy groups -OCH3 is 1. The molecule has 0 aliphatic rings. The maximum Gasteiger partial charge on any atom is 0.262 e. The number of nitrogens with one attached hydrogen (secondary N) is 2. The number of ether oxygens (including phenoxy) is 1. The molecule has 0 aliphatic heterocycles. The Morgan fingerprint density at radius 2 is 1.93 bits per heavy atom. The summed E-state index contributed by atoms with van der Waals surface area (Å²) in [5.41, 5.74) is 0.255. The number of aromatic nitrogens is 1. The summed E-state index contributed by atoms with van der Waals surface area (Å²) in [5.74, 6) is -0.850. The van der Waals surface area contributed by atoms with Crippen LogP contribution in [0.3, 0.4) is 0 Å². The van der Waals surface area contributed by atoms with Crippen molar-refractivity contribution in [2.45, 2.75) is 11.4 Å². The minimum absolute atomic E-state index is 0.0942. The fourth-order valence-corrected chi connectivity index (χ4v) is 4.07. The molecule has 0 atom stereocenters. The number of hydrogen-bond donors (Lipinski definition) is 2. The molecule has 0 bridgehead atoms. The fourth-order valence-electron chi connectivity index (χ4n) is 2.63. The molecule has 10 heteroatoms. The Morgan fingerprint density at radius 3 is 2.70 bits per heavy atom. The number of carbonyl (C=O) groups excluding carboxylic acids is 1. The van der Waals surface area contributed by atoms with Crippen LogP contribution < -0.4 is 14.8 Å². The van der Waals surface area contributed by atoms with Crippen molar-refractivity contribution in [2.24, 2.45) is 0 Å². The van der Waals surface area contributed by atoms with E-state index in [2.05, 4.69) is 15.0 Å². The Balaban J connectivity index is 1.83. The van der Waals surface area contributed by atoms with E-state index in [9.17, 15) is 17.6 Å². The van der Waals surface area contributed by atoms with Gasteiger partial charge >= 0.3 is 0 Å². The van der Waals surface area contributed by atoms with Gasteiger partial charge in [-0.25, -0.2) is 12.8 Å². The standard InChI is InChI=1S/C20H17ClFN3O4S/c1-29-16-9-15(11-23-12-16)25-30(27,28)19-5-3-2-4-17(19)20(26)24-10-13-8-14(21)6-7-18(13)22/h2-9,11-12,25H,10H2,1H3,(H,24,26). The van der Waals surface area contributed by atoms with Gasteiger partial charge in [0.25, 0.3) is 15.9 Å². The van der Waals surface area contributed by atoms with Crippen LogP contribution >= 0.6 is 11.6 Å². The molecule has 2 N–H and O–H groups in total. The van der Waals surface area contributed by atoms with E-state index in [0.29, 0.717) is 10.8 Å². The van der Waals surface area contributed by atoms with Crippen molar-refractivity contribution in [3.05, 3.63) is 82.9 Å². The van der Waals surface area contributed by atoms with Gasteiger partial charge in [-0.3, -0.25) is 14.5 Å². The van der Waals surface area contributed by atoms with Gasteiger partial charge in [-0.1, -0.05) is 23.7 Å². The Kier molecular flexibility index (Phi) is 6.53. The number of amides is 1. The summed E-state index contributed by atoms with van der Waals surface area (Å²) in [6.07, 6.45) is 2.73. The van der Waals surface area contributed by atoms with Gasteiger partial charge in [-0.2, -0.15) is 0 Å². The Morgan fingerprint density at radius 1 is 1.17 bits per heavy atom. The Bertz CT molecular complexity index is 1190. The minimum Gasteiger partial charge on any atom is -0.495 e. The van der Waals surface area contributed by atoms with E-state index in [4.69, 9.17) is 16.3 Å². The molecule has 156 valence electrons. The van der Waals surface area contributed by atoms with E-state index in [1.54, 1.807) is 0 Å². The zero-order valence-electron chi connectivity index (χ0n) is 15.7. The molecule has 1 amide bonds. The van der Waals surface area contributed by atoms with Crippen LogP contribution in [0.5, 0.6) is 5.75 Å². The van der Waals surface area contributed by atoms with Gasteiger partial charge in [0.05, 0.1) is 30.8 Å². The topological polar surface area (TPSA) is 97.4 Å². The number of hydrogen-bond acceptors (Lipinski definition) is 5. The van der Waals surface area contributed by atoms with Crippen molar-refractivity contribution in [1.29, 1.82) is 0 Å². The highest BCUT2D eigenvalue weighted by Crippen LogP contribution is 2.22. The van der Waals surface area contributed by atoms with E-state index in [0.717, 1.165) is 0 Å². The molecule has 3 rings (SSSR count). The molecule has 0 radical (unpaired) electrons. The molecule has 0 fully saturated rings. The second-order valence-electron chi connectivity index (χ2n) is 6.13. The van der Waals surface area contributed by atoms with Gasteiger partial charge < -0.3 is 10.1 Å². The number of anilines is 1. The quantitative estimate of drug-likeness (QED) is 0.574. The second kappa shape index (κ2) is 9.10. The average Bonchev–Trinajstić information content (AvgIpc) is 2.74. The first-order valence-electron chi connectivity index (χ1n) is 8.63. The normalized spacial score (nSPS) is 11.0. The lowest BCUT2D eigenvalue weighted by Gasteiger charge is -2.13. The van der Waals surface area contributed by atoms with Crippen LogP contribution in [0.1, 0.15) is 15.9 Å². The molecule has 1 heterocycles. The number of sulfonamides is 1. The van der Waals surface area contributed by atoms with Crippen LogP contribution in [-0.2, 0) is 16.6 Å². The van der Waals surface area contributed by atoms with E-state index in [-0.39, 0.29) is 28.3 Å². The van der Waals surface area contributed by atoms with Crippen LogP contribution in [0.15, 0.2) is 65.8 Å². The van der Waals surface area contributed by atoms with Crippen molar-refractivity contribution in [3.8, 4) is 5.75 Å². The van der Waals surface area contributed by atoms with Gasteiger partial charge in [0.15, 0.2) is 0 Å². The highest BCUT2D eigenvalue weighted by molar-refractivity contribution is 7.92. The smallest absolute Gasteiger partial charge is 0.262 e. The van der Waals surface area contributed by atoms with Crippen molar-refractivity contribution in [1.82, 2.24) is 10.3 Å². The monoisotopic (exact) mass is 449 g/mol. The zero-order valence-corrected chi connectivity index (χ0v) is 17.3. The number of benzene rings is 2. The summed E-state index contributed by atoms with van der Waals surface area (Å²) in [7, 11) is -2.69. The molecule has 2 aromatic carbocycles. The number of halogens is 2. The SMILES string of the molecule is COc1cncc(NS(=O)(=O)c2ccccc2C(=O)NCc2cc(Cl)ccc2F)c1. The number of pyridine rings is 1. The molecule has 0 spiro atoms. The molecule has 0 aliphatic carbocycles. The lowest BCUT2D eigenvalue weighted by atomic mass is 10.2. The molecule has 0 saturated heterocycles. The van der Waals surface area contributed by atoms with Crippen LogP contribution in [0.4, 0.5) is 10.1 Å². The third kappa shape index (κ3) is 5.05. The number of rotatable bonds is 7. The van der Waals surface area contributed by atoms with Crippen LogP contribution in [0, 0.1) is 5.82 Å². The van der Waals surface area contributed by atoms with Crippen molar-refractivity contribution in [2.75, 3.05) is 11.8 Å². The molecular formula is C20H17ClFN3O4S. The zero-order chi connectivity index (χ0) is 21.7. The van der Waals surface area contributed by atoms with E-state index in [1.807, 2.05) is 0 Å². The summed E-state index contributed by atoms with van der Waals surface area (Å²) in [6, 6.07) is 11.1. The largest absolute Gasteiger partial charge is 0.495 e. The molecule has 3 aromatic rings. The lowest BCUT2D eigenvalue weighted by molar-refractivity contribution is 0.0947. The summed E-state index contributed by atoms with van der Waals surface area (Å²) in [5, 5.41) is 2.83. The first-order chi connectivity index (χ1) is 14.3. The van der Waals surface area contributed by atoms with Gasteiger partial charge in [-0.15, -0.1) is 0 Å². The highest BCUT2D eigenvalue weighted by atomic mass is 35.5. The van der Waals surface area contributed by atoms with Crippen molar-refractivity contribution < 1.29 is 22.3 Å². The Hall–Kier alpha value is -3.17. The van der Waals surface area contributed by atoms with E-state index < -0.39 is 21.7 Å².